The van der Waals surface area contributed by atoms with Gasteiger partial charge in [0.15, 0.2) is 8.32 Å². The van der Waals surface area contributed by atoms with E-state index in [1.165, 1.54) is 0 Å². The molecule has 0 spiro atoms. The fraction of sp³-hybridized carbons (Fsp3) is 0.600. The van der Waals surface area contributed by atoms with Crippen molar-refractivity contribution < 1.29 is 4.43 Å². The molecule has 0 aliphatic carbocycles. The second-order valence-corrected chi connectivity index (χ2v) is 11.8. The Bertz CT molecular complexity index is 415. The summed E-state index contributed by atoms with van der Waals surface area (Å²) in [6, 6.07) is 7.74. The molecule has 0 radical (unpaired) electrons. The van der Waals surface area contributed by atoms with Crippen LogP contribution < -0.4 is 5.73 Å². The number of hydrogen-bond donors (Lipinski definition) is 1. The van der Waals surface area contributed by atoms with Gasteiger partial charge in [0.25, 0.3) is 0 Å². The van der Waals surface area contributed by atoms with Crippen LogP contribution >= 0.6 is 11.6 Å². The van der Waals surface area contributed by atoms with Crippen LogP contribution in [-0.2, 0) is 4.43 Å². The van der Waals surface area contributed by atoms with Gasteiger partial charge in [-0.05, 0) is 42.2 Å². The highest BCUT2D eigenvalue weighted by molar-refractivity contribution is 6.74. The van der Waals surface area contributed by atoms with Crippen molar-refractivity contribution in [1.29, 1.82) is 0 Å². The smallest absolute Gasteiger partial charge is 0.191 e. The molecule has 19 heavy (non-hydrogen) atoms. The summed E-state index contributed by atoms with van der Waals surface area (Å²) in [6.45, 7) is 12.0. The second-order valence-electron chi connectivity index (χ2n) is 6.56. The lowest BCUT2D eigenvalue weighted by Crippen LogP contribution is -2.41. The number of halogens is 1. The number of rotatable bonds is 5. The van der Waals surface area contributed by atoms with Crippen LogP contribution in [0.25, 0.3) is 0 Å². The Hall–Kier alpha value is -0.353. The van der Waals surface area contributed by atoms with E-state index in [4.69, 9.17) is 21.8 Å². The molecule has 108 valence electrons. The Morgan fingerprint density at radius 3 is 2.47 bits per heavy atom. The van der Waals surface area contributed by atoms with Crippen molar-refractivity contribution in [1.82, 2.24) is 0 Å². The van der Waals surface area contributed by atoms with E-state index in [1.807, 2.05) is 24.3 Å². The Balaban J connectivity index is 2.50. The van der Waals surface area contributed by atoms with Gasteiger partial charge in [0.05, 0.1) is 0 Å². The quantitative estimate of drug-likeness (QED) is 0.796. The van der Waals surface area contributed by atoms with Crippen LogP contribution in [0.2, 0.25) is 23.2 Å². The molecule has 4 heteroatoms. The molecule has 0 saturated heterocycles. The molecule has 0 aliphatic heterocycles. The molecule has 0 aromatic heterocycles. The molecule has 1 atom stereocenters. The van der Waals surface area contributed by atoms with Crippen LogP contribution in [0, 0.1) is 0 Å². The second kappa shape index (κ2) is 6.40. The fourth-order valence-corrected chi connectivity index (χ4v) is 2.82. The summed E-state index contributed by atoms with van der Waals surface area (Å²) >= 11 is 5.98. The van der Waals surface area contributed by atoms with E-state index in [0.29, 0.717) is 6.61 Å². The predicted molar refractivity (Wildman–Crippen MR) is 86.1 cm³/mol. The number of nitrogens with two attached hydrogens (primary N) is 1. The Labute approximate surface area is 123 Å². The van der Waals surface area contributed by atoms with Crippen molar-refractivity contribution >= 4 is 19.9 Å². The molecule has 1 aromatic carbocycles. The average molecular weight is 300 g/mol. The maximum absolute atomic E-state index is 6.18. The van der Waals surface area contributed by atoms with Crippen molar-refractivity contribution in [2.24, 2.45) is 5.73 Å². The zero-order valence-corrected chi connectivity index (χ0v) is 14.4. The minimum atomic E-state index is -1.67. The zero-order chi connectivity index (χ0) is 14.7. The molecule has 2 N–H and O–H groups in total. The largest absolute Gasteiger partial charge is 0.417 e. The first kappa shape index (κ1) is 16.7. The van der Waals surface area contributed by atoms with E-state index < -0.39 is 8.32 Å². The van der Waals surface area contributed by atoms with Gasteiger partial charge in [0.2, 0.25) is 0 Å². The topological polar surface area (TPSA) is 35.2 Å². The normalized spacial score (nSPS) is 14.5. The maximum Gasteiger partial charge on any atom is 0.191 e. The number of hydrogen-bond acceptors (Lipinski definition) is 2. The van der Waals surface area contributed by atoms with E-state index in [-0.39, 0.29) is 11.1 Å². The van der Waals surface area contributed by atoms with Crippen molar-refractivity contribution in [3.05, 3.63) is 34.9 Å². The molecular formula is C15H26ClNOSi. The Morgan fingerprint density at radius 2 is 1.95 bits per heavy atom. The molecule has 0 amide bonds. The van der Waals surface area contributed by atoms with Gasteiger partial charge < -0.3 is 10.2 Å². The van der Waals surface area contributed by atoms with Gasteiger partial charge in [0, 0.05) is 17.7 Å². The molecule has 2 nitrogen and oxygen atoms in total. The van der Waals surface area contributed by atoms with E-state index in [0.717, 1.165) is 17.0 Å². The van der Waals surface area contributed by atoms with Crippen molar-refractivity contribution in [2.45, 2.75) is 51.4 Å². The van der Waals surface area contributed by atoms with Crippen molar-refractivity contribution in [3.8, 4) is 0 Å². The third kappa shape index (κ3) is 4.92. The SMILES string of the molecule is CC(C)(C)[Si](C)(C)OCCC(N)c1cccc(Cl)c1. The summed E-state index contributed by atoms with van der Waals surface area (Å²) in [6.07, 6.45) is 0.826. The first-order valence-electron chi connectivity index (χ1n) is 6.78. The highest BCUT2D eigenvalue weighted by Gasteiger charge is 2.36. The van der Waals surface area contributed by atoms with Gasteiger partial charge in [-0.1, -0.05) is 44.5 Å². The third-order valence-corrected chi connectivity index (χ3v) is 8.75. The van der Waals surface area contributed by atoms with Crippen LogP contribution in [0.15, 0.2) is 24.3 Å². The van der Waals surface area contributed by atoms with Crippen molar-refractivity contribution in [3.63, 3.8) is 0 Å². The molecule has 0 fully saturated rings. The molecule has 1 rings (SSSR count). The highest BCUT2D eigenvalue weighted by atomic mass is 35.5. The van der Waals surface area contributed by atoms with Crippen LogP contribution in [0.3, 0.4) is 0 Å². The molecular weight excluding hydrogens is 274 g/mol. The van der Waals surface area contributed by atoms with Crippen molar-refractivity contribution in [2.75, 3.05) is 6.61 Å². The lowest BCUT2D eigenvalue weighted by atomic mass is 10.1. The minimum Gasteiger partial charge on any atom is -0.417 e. The predicted octanol–water partition coefficient (Wildman–Crippen LogP) is 4.75. The number of benzene rings is 1. The van der Waals surface area contributed by atoms with Crippen LogP contribution in [0.4, 0.5) is 0 Å². The van der Waals surface area contributed by atoms with E-state index in [9.17, 15) is 0 Å². The minimum absolute atomic E-state index is 0.0107. The van der Waals surface area contributed by atoms with Crippen LogP contribution in [0.1, 0.15) is 38.8 Å². The van der Waals surface area contributed by atoms with Gasteiger partial charge in [-0.2, -0.15) is 0 Å². The summed E-state index contributed by atoms with van der Waals surface area (Å²) in [5, 5.41) is 0.978. The first-order valence-corrected chi connectivity index (χ1v) is 10.1. The molecule has 0 bridgehead atoms. The van der Waals surface area contributed by atoms with E-state index in [1.54, 1.807) is 0 Å². The van der Waals surface area contributed by atoms with E-state index in [2.05, 4.69) is 33.9 Å². The maximum atomic E-state index is 6.18. The molecule has 0 saturated carbocycles. The van der Waals surface area contributed by atoms with E-state index >= 15 is 0 Å². The Kier molecular flexibility index (Phi) is 5.62. The van der Waals surface area contributed by atoms with Gasteiger partial charge in [-0.3, -0.25) is 0 Å². The lowest BCUT2D eigenvalue weighted by Gasteiger charge is -2.36. The van der Waals surface area contributed by atoms with Crippen LogP contribution in [0.5, 0.6) is 0 Å². The summed E-state index contributed by atoms with van der Waals surface area (Å²) in [7, 11) is -1.67. The summed E-state index contributed by atoms with van der Waals surface area (Å²) < 4.78 is 6.14. The monoisotopic (exact) mass is 299 g/mol. The first-order chi connectivity index (χ1) is 8.63. The van der Waals surface area contributed by atoms with Gasteiger partial charge in [-0.25, -0.2) is 0 Å². The molecule has 1 unspecified atom stereocenters. The molecule has 0 heterocycles. The van der Waals surface area contributed by atoms with Gasteiger partial charge in [-0.15, -0.1) is 0 Å². The highest BCUT2D eigenvalue weighted by Crippen LogP contribution is 2.36. The summed E-state index contributed by atoms with van der Waals surface area (Å²) in [5.74, 6) is 0. The average Bonchev–Trinajstić information content (AvgIpc) is 2.27. The Morgan fingerprint density at radius 1 is 1.32 bits per heavy atom. The standard InChI is InChI=1S/C15H26ClNOSi/c1-15(2,3)19(4,5)18-10-9-14(17)12-7-6-8-13(16)11-12/h6-8,11,14H,9-10,17H2,1-5H3. The fourth-order valence-electron chi connectivity index (χ4n) is 1.56. The summed E-state index contributed by atoms with van der Waals surface area (Å²) in [5.41, 5.74) is 7.25. The van der Waals surface area contributed by atoms with Crippen LogP contribution in [-0.4, -0.2) is 14.9 Å². The molecule has 1 aromatic rings. The van der Waals surface area contributed by atoms with Gasteiger partial charge in [0.1, 0.15) is 0 Å². The molecule has 0 aliphatic rings. The lowest BCUT2D eigenvalue weighted by molar-refractivity contribution is 0.272. The third-order valence-electron chi connectivity index (χ3n) is 3.97. The summed E-state index contributed by atoms with van der Waals surface area (Å²) in [4.78, 5) is 0. The van der Waals surface area contributed by atoms with Gasteiger partial charge >= 0.3 is 0 Å². The zero-order valence-electron chi connectivity index (χ0n) is 12.7.